The minimum Gasteiger partial charge on any atom is -0.325 e. The highest BCUT2D eigenvalue weighted by Gasteiger charge is 2.61. The number of hydrogen-bond donors (Lipinski definition) is 1. The molecule has 3 amide bonds. The van der Waals surface area contributed by atoms with Crippen molar-refractivity contribution in [1.82, 2.24) is 0 Å². The third-order valence-corrected chi connectivity index (χ3v) is 7.38. The molecule has 0 saturated carbocycles. The number of thioether (sulfide) groups is 1. The van der Waals surface area contributed by atoms with Crippen molar-refractivity contribution >= 4 is 46.5 Å². The molecule has 2 aliphatic heterocycles. The van der Waals surface area contributed by atoms with Crippen LogP contribution in [0.2, 0.25) is 0 Å². The van der Waals surface area contributed by atoms with Gasteiger partial charge in [0.2, 0.25) is 16.7 Å². The molecule has 1 saturated heterocycles. The molecule has 0 unspecified atom stereocenters. The van der Waals surface area contributed by atoms with E-state index in [2.05, 4.69) is 5.32 Å². The Hall–Kier alpha value is -3.58. The van der Waals surface area contributed by atoms with Crippen molar-refractivity contribution in [3.63, 3.8) is 0 Å². The van der Waals surface area contributed by atoms with Crippen molar-refractivity contribution in [2.24, 2.45) is 0 Å². The van der Waals surface area contributed by atoms with Crippen LogP contribution < -0.4 is 15.1 Å². The predicted octanol–water partition coefficient (Wildman–Crippen LogP) is 4.22. The second kappa shape index (κ2) is 8.08. The lowest BCUT2D eigenvalue weighted by atomic mass is 10.0. The van der Waals surface area contributed by atoms with Gasteiger partial charge in [-0.1, -0.05) is 53.6 Å². The first-order valence-corrected chi connectivity index (χ1v) is 11.7. The van der Waals surface area contributed by atoms with Crippen LogP contribution in [0.4, 0.5) is 17.1 Å². The first-order chi connectivity index (χ1) is 15.9. The minimum atomic E-state index is -1.22. The molecule has 33 heavy (non-hydrogen) atoms. The Morgan fingerprint density at radius 2 is 1.58 bits per heavy atom. The van der Waals surface area contributed by atoms with E-state index in [0.29, 0.717) is 17.1 Å². The highest BCUT2D eigenvalue weighted by Crippen LogP contribution is 2.55. The SMILES string of the molecule is Cc1ccc(NC(=O)CN2C(=O)[C@@]3(SCC(=O)N3c3ccc(C)cc3)c3ccccc32)cc1. The van der Waals surface area contributed by atoms with Crippen molar-refractivity contribution in [3.8, 4) is 0 Å². The van der Waals surface area contributed by atoms with Gasteiger partial charge in [0.25, 0.3) is 5.91 Å². The van der Waals surface area contributed by atoms with E-state index < -0.39 is 4.87 Å². The van der Waals surface area contributed by atoms with Crippen molar-refractivity contribution < 1.29 is 14.4 Å². The van der Waals surface area contributed by atoms with Gasteiger partial charge >= 0.3 is 0 Å². The highest BCUT2D eigenvalue weighted by atomic mass is 32.2. The van der Waals surface area contributed by atoms with Crippen LogP contribution in [-0.4, -0.2) is 30.0 Å². The van der Waals surface area contributed by atoms with Crippen LogP contribution in [0.1, 0.15) is 16.7 Å². The zero-order valence-corrected chi connectivity index (χ0v) is 19.2. The van der Waals surface area contributed by atoms with E-state index in [9.17, 15) is 14.4 Å². The first-order valence-electron chi connectivity index (χ1n) is 10.7. The molecule has 0 bridgehead atoms. The van der Waals surface area contributed by atoms with Crippen LogP contribution in [0.3, 0.4) is 0 Å². The molecule has 1 spiro atoms. The largest absolute Gasteiger partial charge is 0.325 e. The van der Waals surface area contributed by atoms with Crippen LogP contribution in [0.15, 0.2) is 72.8 Å². The molecule has 1 fully saturated rings. The number of para-hydroxylation sites is 1. The van der Waals surface area contributed by atoms with Crippen molar-refractivity contribution in [1.29, 1.82) is 0 Å². The van der Waals surface area contributed by atoms with Gasteiger partial charge in [0, 0.05) is 16.9 Å². The van der Waals surface area contributed by atoms with Gasteiger partial charge in [-0.05, 0) is 44.2 Å². The molecular weight excluding hydrogens is 434 g/mol. The average molecular weight is 458 g/mol. The molecule has 3 aromatic carbocycles. The lowest BCUT2D eigenvalue weighted by Gasteiger charge is -2.33. The minimum absolute atomic E-state index is 0.127. The van der Waals surface area contributed by atoms with Crippen LogP contribution in [0.25, 0.3) is 0 Å². The maximum Gasteiger partial charge on any atom is 0.269 e. The number of carbonyl (C=O) groups is 3. The molecular formula is C26H23N3O3S. The second-order valence-corrected chi connectivity index (χ2v) is 9.49. The summed E-state index contributed by atoms with van der Waals surface area (Å²) in [6.45, 7) is 3.82. The van der Waals surface area contributed by atoms with E-state index in [0.717, 1.165) is 16.7 Å². The number of hydrogen-bond acceptors (Lipinski definition) is 4. The number of nitrogens with zero attached hydrogens (tertiary/aromatic N) is 2. The zero-order valence-electron chi connectivity index (χ0n) is 18.4. The molecule has 1 atom stereocenters. The Bertz CT molecular complexity index is 1260. The Labute approximate surface area is 196 Å². The second-order valence-electron chi connectivity index (χ2n) is 8.32. The molecule has 166 valence electrons. The number of amides is 3. The first kappa shape index (κ1) is 21.3. The number of aryl methyl sites for hydroxylation is 2. The normalized spacial score (nSPS) is 19.3. The van der Waals surface area contributed by atoms with Crippen molar-refractivity contribution in [3.05, 3.63) is 89.5 Å². The topological polar surface area (TPSA) is 69.7 Å². The summed E-state index contributed by atoms with van der Waals surface area (Å²) in [6.07, 6.45) is 0. The number of fused-ring (bicyclic) bond motifs is 2. The van der Waals surface area contributed by atoms with Gasteiger partial charge in [-0.25, -0.2) is 0 Å². The lowest BCUT2D eigenvalue weighted by molar-refractivity contribution is -0.124. The van der Waals surface area contributed by atoms with Gasteiger partial charge in [-0.2, -0.15) is 0 Å². The summed E-state index contributed by atoms with van der Waals surface area (Å²) in [7, 11) is 0. The molecule has 2 heterocycles. The van der Waals surface area contributed by atoms with Crippen molar-refractivity contribution in [2.75, 3.05) is 27.4 Å². The van der Waals surface area contributed by atoms with Crippen LogP contribution in [0, 0.1) is 13.8 Å². The molecule has 5 rings (SSSR count). The molecule has 7 heteroatoms. The van der Waals surface area contributed by atoms with Crippen LogP contribution >= 0.6 is 11.8 Å². The lowest BCUT2D eigenvalue weighted by Crippen LogP contribution is -2.50. The summed E-state index contributed by atoms with van der Waals surface area (Å²) in [5.74, 6) is -0.510. The third kappa shape index (κ3) is 3.49. The van der Waals surface area contributed by atoms with Gasteiger partial charge < -0.3 is 5.32 Å². The molecule has 3 aromatic rings. The summed E-state index contributed by atoms with van der Waals surface area (Å²) >= 11 is 1.31. The number of carbonyl (C=O) groups excluding carboxylic acids is 3. The van der Waals surface area contributed by atoms with Gasteiger partial charge in [-0.15, -0.1) is 11.8 Å². The van der Waals surface area contributed by atoms with Crippen LogP contribution in [0.5, 0.6) is 0 Å². The monoisotopic (exact) mass is 457 g/mol. The van der Waals surface area contributed by atoms with E-state index in [4.69, 9.17) is 0 Å². The molecule has 0 aromatic heterocycles. The van der Waals surface area contributed by atoms with E-state index >= 15 is 0 Å². The smallest absolute Gasteiger partial charge is 0.269 e. The predicted molar refractivity (Wildman–Crippen MR) is 131 cm³/mol. The fourth-order valence-corrected chi connectivity index (χ4v) is 5.75. The Balaban J connectivity index is 1.50. The molecule has 1 N–H and O–H groups in total. The molecule has 6 nitrogen and oxygen atoms in total. The third-order valence-electron chi connectivity index (χ3n) is 5.99. The van der Waals surface area contributed by atoms with E-state index in [-0.39, 0.29) is 30.0 Å². The summed E-state index contributed by atoms with van der Waals surface area (Å²) in [6, 6.07) is 22.5. The molecule has 0 radical (unpaired) electrons. The fraction of sp³-hybridized carbons (Fsp3) is 0.192. The summed E-state index contributed by atoms with van der Waals surface area (Å²) in [5, 5.41) is 2.86. The number of rotatable bonds is 4. The summed E-state index contributed by atoms with van der Waals surface area (Å²) in [4.78, 5) is 41.7. The molecule has 0 aliphatic carbocycles. The fourth-order valence-electron chi connectivity index (χ4n) is 4.39. The number of anilines is 3. The van der Waals surface area contributed by atoms with Crippen LogP contribution in [-0.2, 0) is 19.3 Å². The van der Waals surface area contributed by atoms with Gasteiger partial charge in [0.1, 0.15) is 6.54 Å². The quantitative estimate of drug-likeness (QED) is 0.637. The van der Waals surface area contributed by atoms with Gasteiger partial charge in [-0.3, -0.25) is 24.2 Å². The van der Waals surface area contributed by atoms with E-state index in [1.165, 1.54) is 16.7 Å². The number of nitrogens with one attached hydrogen (secondary N) is 1. The molecule has 2 aliphatic rings. The van der Waals surface area contributed by atoms with Crippen molar-refractivity contribution in [2.45, 2.75) is 18.7 Å². The Kier molecular flexibility index (Phi) is 5.21. The maximum atomic E-state index is 13.9. The van der Waals surface area contributed by atoms with Gasteiger partial charge in [0.05, 0.1) is 11.4 Å². The summed E-state index contributed by atoms with van der Waals surface area (Å²) < 4.78 is 0. The average Bonchev–Trinajstić information content (AvgIpc) is 3.27. The van der Waals surface area contributed by atoms with E-state index in [1.54, 1.807) is 4.90 Å². The van der Waals surface area contributed by atoms with Gasteiger partial charge in [0.15, 0.2) is 0 Å². The summed E-state index contributed by atoms with van der Waals surface area (Å²) in [5.41, 5.74) is 4.89. The van der Waals surface area contributed by atoms with E-state index in [1.807, 2.05) is 86.6 Å². The number of benzene rings is 3. The zero-order chi connectivity index (χ0) is 23.2. The Morgan fingerprint density at radius 3 is 2.27 bits per heavy atom. The maximum absolute atomic E-state index is 13.9. The Morgan fingerprint density at radius 1 is 0.939 bits per heavy atom. The highest BCUT2D eigenvalue weighted by molar-refractivity contribution is 8.02. The standard InChI is InChI=1S/C26H23N3O3S/c1-17-7-11-19(12-8-17)27-23(30)15-28-22-6-4-3-5-21(22)26(25(28)32)29(24(31)16-33-26)20-13-9-18(2)10-14-20/h3-14H,15-16H2,1-2H3,(H,27,30)/t26-/m0/s1.